The Morgan fingerprint density at radius 2 is 1.95 bits per heavy atom. The number of rotatable bonds is 2. The molecular weight excluding hydrogens is 271 g/mol. The van der Waals surface area contributed by atoms with Crippen LogP contribution in [0.5, 0.6) is 0 Å². The lowest BCUT2D eigenvalue weighted by molar-refractivity contribution is 0.0796. The zero-order chi connectivity index (χ0) is 14.3. The SMILES string of the molecule is CC(C)(C)C(F)n1ccc(-c2cc3ccccc3s2)n1. The van der Waals surface area contributed by atoms with Crippen LogP contribution in [0.1, 0.15) is 27.1 Å². The van der Waals surface area contributed by atoms with Gasteiger partial charge in [-0.15, -0.1) is 11.3 Å². The topological polar surface area (TPSA) is 17.8 Å². The van der Waals surface area contributed by atoms with Gasteiger partial charge in [-0.05, 0) is 23.6 Å². The molecule has 20 heavy (non-hydrogen) atoms. The van der Waals surface area contributed by atoms with E-state index >= 15 is 0 Å². The van der Waals surface area contributed by atoms with Gasteiger partial charge in [0.05, 0.1) is 4.88 Å². The van der Waals surface area contributed by atoms with Crippen LogP contribution in [0.2, 0.25) is 0 Å². The van der Waals surface area contributed by atoms with Gasteiger partial charge in [-0.1, -0.05) is 39.0 Å². The second-order valence-corrected chi connectivity index (χ2v) is 7.12. The smallest absolute Gasteiger partial charge is 0.196 e. The van der Waals surface area contributed by atoms with E-state index in [9.17, 15) is 4.39 Å². The lowest BCUT2D eigenvalue weighted by Gasteiger charge is -2.23. The van der Waals surface area contributed by atoms with Crippen LogP contribution in [0.25, 0.3) is 20.7 Å². The maximum absolute atomic E-state index is 14.3. The highest BCUT2D eigenvalue weighted by molar-refractivity contribution is 7.22. The Kier molecular flexibility index (Phi) is 3.13. The van der Waals surface area contributed by atoms with Crippen LogP contribution >= 0.6 is 11.3 Å². The normalized spacial score (nSPS) is 13.8. The summed E-state index contributed by atoms with van der Waals surface area (Å²) < 4.78 is 16.9. The van der Waals surface area contributed by atoms with Crippen molar-refractivity contribution in [2.45, 2.75) is 27.1 Å². The molecule has 0 bridgehead atoms. The van der Waals surface area contributed by atoms with E-state index in [1.165, 1.54) is 14.8 Å². The van der Waals surface area contributed by atoms with Crippen LogP contribution in [0, 0.1) is 5.41 Å². The zero-order valence-electron chi connectivity index (χ0n) is 11.8. The van der Waals surface area contributed by atoms with E-state index in [4.69, 9.17) is 0 Å². The fraction of sp³-hybridized carbons (Fsp3) is 0.312. The third kappa shape index (κ3) is 2.36. The van der Waals surface area contributed by atoms with E-state index in [-0.39, 0.29) is 0 Å². The molecule has 2 nitrogen and oxygen atoms in total. The average Bonchev–Trinajstić information content (AvgIpc) is 3.03. The molecule has 0 saturated carbocycles. The first kappa shape index (κ1) is 13.3. The van der Waals surface area contributed by atoms with Gasteiger partial charge in [-0.25, -0.2) is 9.07 Å². The van der Waals surface area contributed by atoms with Gasteiger partial charge in [0.15, 0.2) is 6.30 Å². The van der Waals surface area contributed by atoms with Crippen LogP contribution in [-0.2, 0) is 0 Å². The summed E-state index contributed by atoms with van der Waals surface area (Å²) in [6.07, 6.45) is 0.598. The molecule has 0 N–H and O–H groups in total. The van der Waals surface area contributed by atoms with Crippen molar-refractivity contribution < 1.29 is 4.39 Å². The Labute approximate surface area is 121 Å². The van der Waals surface area contributed by atoms with Gasteiger partial charge in [-0.3, -0.25) is 0 Å². The summed E-state index contributed by atoms with van der Waals surface area (Å²) in [7, 11) is 0. The highest BCUT2D eigenvalue weighted by Crippen LogP contribution is 2.35. The van der Waals surface area contributed by atoms with Gasteiger partial charge in [0.1, 0.15) is 5.69 Å². The molecule has 104 valence electrons. The minimum atomic E-state index is -1.12. The standard InChI is InChI=1S/C16H17FN2S/c1-16(2,3)15(17)19-9-8-12(18-19)14-10-11-6-4-5-7-13(11)20-14/h4-10,15H,1-3H3. The molecule has 0 aliphatic carbocycles. The summed E-state index contributed by atoms with van der Waals surface area (Å²) in [5.74, 6) is 0. The van der Waals surface area contributed by atoms with Crippen molar-refractivity contribution in [2.24, 2.45) is 5.41 Å². The molecule has 0 aliphatic heterocycles. The number of halogens is 1. The lowest BCUT2D eigenvalue weighted by atomic mass is 9.95. The Bertz CT molecular complexity index is 703. The van der Waals surface area contributed by atoms with E-state index < -0.39 is 11.7 Å². The molecule has 1 atom stereocenters. The van der Waals surface area contributed by atoms with Gasteiger partial charge in [0.25, 0.3) is 0 Å². The highest BCUT2D eigenvalue weighted by Gasteiger charge is 2.26. The number of fused-ring (bicyclic) bond motifs is 1. The maximum Gasteiger partial charge on any atom is 0.196 e. The molecule has 0 fully saturated rings. The van der Waals surface area contributed by atoms with E-state index in [1.807, 2.05) is 39.0 Å². The lowest BCUT2D eigenvalue weighted by Crippen LogP contribution is -2.20. The fourth-order valence-corrected chi connectivity index (χ4v) is 3.13. The molecule has 2 aromatic heterocycles. The maximum atomic E-state index is 14.3. The number of aromatic nitrogens is 2. The number of hydrogen-bond acceptors (Lipinski definition) is 2. The number of alkyl halides is 1. The number of hydrogen-bond donors (Lipinski definition) is 0. The Morgan fingerprint density at radius 1 is 1.20 bits per heavy atom. The molecule has 0 radical (unpaired) electrons. The van der Waals surface area contributed by atoms with Crippen LogP contribution in [0.15, 0.2) is 42.6 Å². The number of thiophene rings is 1. The molecule has 3 aromatic rings. The summed E-state index contributed by atoms with van der Waals surface area (Å²) in [6.45, 7) is 5.62. The monoisotopic (exact) mass is 288 g/mol. The molecule has 3 rings (SSSR count). The molecule has 0 amide bonds. The predicted molar refractivity (Wildman–Crippen MR) is 82.6 cm³/mol. The van der Waals surface area contributed by atoms with Crippen molar-refractivity contribution in [3.05, 3.63) is 42.6 Å². The summed E-state index contributed by atoms with van der Waals surface area (Å²) in [4.78, 5) is 1.08. The minimum absolute atomic E-state index is 0.455. The Balaban J connectivity index is 1.97. The Morgan fingerprint density at radius 3 is 2.65 bits per heavy atom. The molecule has 2 heterocycles. The van der Waals surface area contributed by atoms with E-state index in [2.05, 4.69) is 23.3 Å². The highest BCUT2D eigenvalue weighted by atomic mass is 32.1. The first-order valence-corrected chi connectivity index (χ1v) is 7.45. The van der Waals surface area contributed by atoms with Gasteiger partial charge in [0.2, 0.25) is 0 Å². The molecule has 0 spiro atoms. The van der Waals surface area contributed by atoms with Gasteiger partial charge >= 0.3 is 0 Å². The van der Waals surface area contributed by atoms with Crippen LogP contribution in [0.4, 0.5) is 4.39 Å². The molecule has 1 unspecified atom stereocenters. The third-order valence-corrected chi connectivity index (χ3v) is 4.37. The van der Waals surface area contributed by atoms with Gasteiger partial charge < -0.3 is 0 Å². The van der Waals surface area contributed by atoms with Gasteiger partial charge in [0, 0.05) is 16.3 Å². The number of benzene rings is 1. The second kappa shape index (κ2) is 4.70. The van der Waals surface area contributed by atoms with Crippen molar-refractivity contribution in [1.29, 1.82) is 0 Å². The molecule has 1 aromatic carbocycles. The quantitative estimate of drug-likeness (QED) is 0.627. The van der Waals surface area contributed by atoms with E-state index in [0.717, 1.165) is 10.6 Å². The second-order valence-electron chi connectivity index (χ2n) is 6.03. The first-order valence-electron chi connectivity index (χ1n) is 6.63. The number of nitrogens with zero attached hydrogens (tertiary/aromatic N) is 2. The zero-order valence-corrected chi connectivity index (χ0v) is 12.6. The van der Waals surface area contributed by atoms with Crippen LogP contribution in [-0.4, -0.2) is 9.78 Å². The predicted octanol–water partition coefficient (Wildman–Crippen LogP) is 5.28. The van der Waals surface area contributed by atoms with Crippen molar-refractivity contribution in [3.63, 3.8) is 0 Å². The summed E-state index contributed by atoms with van der Waals surface area (Å²) in [6, 6.07) is 12.2. The van der Waals surface area contributed by atoms with Crippen molar-refractivity contribution in [1.82, 2.24) is 9.78 Å². The van der Waals surface area contributed by atoms with Crippen molar-refractivity contribution in [2.75, 3.05) is 0 Å². The van der Waals surface area contributed by atoms with Gasteiger partial charge in [-0.2, -0.15) is 5.10 Å². The first-order chi connectivity index (χ1) is 9.45. The van der Waals surface area contributed by atoms with E-state index in [0.29, 0.717) is 0 Å². The Hall–Kier alpha value is -1.68. The molecule has 4 heteroatoms. The van der Waals surface area contributed by atoms with Crippen LogP contribution in [0.3, 0.4) is 0 Å². The summed E-state index contributed by atoms with van der Waals surface area (Å²) in [5, 5.41) is 5.60. The van der Waals surface area contributed by atoms with Crippen LogP contribution < -0.4 is 0 Å². The van der Waals surface area contributed by atoms with Crippen molar-refractivity contribution >= 4 is 21.4 Å². The van der Waals surface area contributed by atoms with Crippen molar-refractivity contribution in [3.8, 4) is 10.6 Å². The summed E-state index contributed by atoms with van der Waals surface area (Å²) >= 11 is 1.68. The molecule has 0 saturated heterocycles. The molecular formula is C16H17FN2S. The molecule has 0 aliphatic rings. The third-order valence-electron chi connectivity index (χ3n) is 3.23. The summed E-state index contributed by atoms with van der Waals surface area (Å²) in [5.41, 5.74) is 0.377. The average molecular weight is 288 g/mol. The largest absolute Gasteiger partial charge is 0.238 e. The van der Waals surface area contributed by atoms with E-state index in [1.54, 1.807) is 17.5 Å². The fourth-order valence-electron chi connectivity index (χ4n) is 2.10. The minimum Gasteiger partial charge on any atom is -0.238 e.